The van der Waals surface area contributed by atoms with Crippen LogP contribution in [0.2, 0.25) is 0 Å². The molecule has 17 nitrogen and oxygen atoms in total. The first-order valence-electron chi connectivity index (χ1n) is 40.0. The summed E-state index contributed by atoms with van der Waals surface area (Å²) >= 11 is 0. The maximum atomic E-state index is 13.1. The van der Waals surface area contributed by atoms with Crippen molar-refractivity contribution in [2.45, 2.75) is 419 Å². The molecule has 96 heavy (non-hydrogen) atoms. The fraction of sp³-hybridized carbons (Fsp3) is 0.948. The number of carbonyl (C=O) groups excluding carboxylic acids is 4. The second-order valence-corrected chi connectivity index (χ2v) is 31.6. The van der Waals surface area contributed by atoms with Gasteiger partial charge in [0.15, 0.2) is 12.2 Å². The Kier molecular flexibility index (Phi) is 67.4. The normalized spacial score (nSPS) is 14.0. The molecular weight excluding hydrogens is 1260 g/mol. The van der Waals surface area contributed by atoms with Crippen LogP contribution in [0.4, 0.5) is 0 Å². The molecule has 19 heteroatoms. The summed E-state index contributed by atoms with van der Waals surface area (Å²) in [5.41, 5.74) is 0. The van der Waals surface area contributed by atoms with Crippen molar-refractivity contribution >= 4 is 39.5 Å². The van der Waals surface area contributed by atoms with Crippen molar-refractivity contribution in [3.8, 4) is 0 Å². The van der Waals surface area contributed by atoms with Gasteiger partial charge >= 0.3 is 39.5 Å². The van der Waals surface area contributed by atoms with Crippen molar-refractivity contribution < 1.29 is 80.2 Å². The van der Waals surface area contributed by atoms with Crippen LogP contribution < -0.4 is 0 Å². The van der Waals surface area contributed by atoms with Gasteiger partial charge < -0.3 is 33.8 Å². The van der Waals surface area contributed by atoms with Gasteiger partial charge in [-0.1, -0.05) is 350 Å². The molecule has 0 saturated carbocycles. The number of aliphatic hydroxyl groups excluding tert-OH is 1. The molecule has 5 atom stereocenters. The Balaban J connectivity index is 5.22. The summed E-state index contributed by atoms with van der Waals surface area (Å²) in [7, 11) is -9.91. The molecule has 0 aliphatic heterocycles. The van der Waals surface area contributed by atoms with E-state index in [9.17, 15) is 43.2 Å². The van der Waals surface area contributed by atoms with E-state index in [1.165, 1.54) is 218 Å². The average molecular weight is 1410 g/mol. The number of carbonyl (C=O) groups is 4. The van der Waals surface area contributed by atoms with Gasteiger partial charge in [-0.25, -0.2) is 9.13 Å². The molecule has 0 spiro atoms. The van der Waals surface area contributed by atoms with Crippen molar-refractivity contribution in [2.75, 3.05) is 39.6 Å². The molecule has 0 aliphatic carbocycles. The Morgan fingerprint density at radius 2 is 0.479 bits per heavy atom. The van der Waals surface area contributed by atoms with E-state index < -0.39 is 97.5 Å². The van der Waals surface area contributed by atoms with E-state index in [1.54, 1.807) is 0 Å². The summed E-state index contributed by atoms with van der Waals surface area (Å²) in [5, 5.41) is 10.6. The lowest BCUT2D eigenvalue weighted by Gasteiger charge is -2.21. The molecule has 0 heterocycles. The topological polar surface area (TPSA) is 237 Å². The van der Waals surface area contributed by atoms with Gasteiger partial charge in [0.05, 0.1) is 26.4 Å². The first-order chi connectivity index (χ1) is 46.4. The largest absolute Gasteiger partial charge is 0.472 e. The second-order valence-electron chi connectivity index (χ2n) is 28.7. The molecule has 0 bridgehead atoms. The van der Waals surface area contributed by atoms with Crippen molar-refractivity contribution in [1.29, 1.82) is 0 Å². The van der Waals surface area contributed by atoms with Crippen LogP contribution in [0.3, 0.4) is 0 Å². The van der Waals surface area contributed by atoms with Crippen LogP contribution in [0, 0.1) is 11.8 Å². The molecule has 0 saturated heterocycles. The van der Waals surface area contributed by atoms with Gasteiger partial charge in [0.1, 0.15) is 19.3 Å². The second kappa shape index (κ2) is 68.8. The lowest BCUT2D eigenvalue weighted by molar-refractivity contribution is -0.161. The molecule has 0 aliphatic rings. The van der Waals surface area contributed by atoms with Gasteiger partial charge in [-0.15, -0.1) is 0 Å². The lowest BCUT2D eigenvalue weighted by atomic mass is 10.0. The molecule has 0 aromatic heterocycles. The number of aliphatic hydroxyl groups is 1. The van der Waals surface area contributed by atoms with Crippen LogP contribution in [0.1, 0.15) is 401 Å². The Bertz CT molecular complexity index is 1860. The molecule has 2 unspecified atom stereocenters. The first kappa shape index (κ1) is 94.1. The van der Waals surface area contributed by atoms with Crippen molar-refractivity contribution in [3.05, 3.63) is 0 Å². The van der Waals surface area contributed by atoms with Crippen LogP contribution in [0.5, 0.6) is 0 Å². The summed E-state index contributed by atoms with van der Waals surface area (Å²) in [4.78, 5) is 72.8. The number of esters is 4. The fourth-order valence-corrected chi connectivity index (χ4v) is 13.4. The molecule has 0 fully saturated rings. The van der Waals surface area contributed by atoms with E-state index in [0.29, 0.717) is 25.7 Å². The highest BCUT2D eigenvalue weighted by molar-refractivity contribution is 7.47. The third-order valence-electron chi connectivity index (χ3n) is 18.0. The SMILES string of the molecule is CCCCCCCCCCCCCCCCCCCCCC(=O)O[C@H](COC(=O)CCCCCCCCCCCCCC(C)C)COP(=O)(O)OC[C@@H](O)COP(=O)(O)OC[C@@H](COC(=O)CCCCCCCCCCC)OC(=O)CCCCCCCCCCCCCC(C)C. The van der Waals surface area contributed by atoms with Gasteiger partial charge in [-0.3, -0.25) is 37.3 Å². The minimum atomic E-state index is -4.96. The molecule has 0 radical (unpaired) electrons. The number of unbranched alkanes of at least 4 members (excludes halogenated alkanes) is 46. The third kappa shape index (κ3) is 70.5. The van der Waals surface area contributed by atoms with Crippen molar-refractivity contribution in [3.63, 3.8) is 0 Å². The van der Waals surface area contributed by atoms with Crippen LogP contribution in [0.15, 0.2) is 0 Å². The van der Waals surface area contributed by atoms with Gasteiger partial charge in [0.2, 0.25) is 0 Å². The zero-order chi connectivity index (χ0) is 70.7. The van der Waals surface area contributed by atoms with Crippen LogP contribution in [-0.4, -0.2) is 96.7 Å². The van der Waals surface area contributed by atoms with E-state index in [1.807, 2.05) is 0 Å². The predicted octanol–water partition coefficient (Wildman–Crippen LogP) is 22.7. The molecule has 3 N–H and O–H groups in total. The van der Waals surface area contributed by atoms with Crippen LogP contribution >= 0.6 is 15.6 Å². The summed E-state index contributed by atoms with van der Waals surface area (Å²) in [6.07, 6.45) is 56.9. The van der Waals surface area contributed by atoms with Crippen LogP contribution in [0.25, 0.3) is 0 Å². The van der Waals surface area contributed by atoms with Gasteiger partial charge in [-0.2, -0.15) is 0 Å². The number of ether oxygens (including phenoxy) is 4. The Morgan fingerprint density at radius 1 is 0.281 bits per heavy atom. The van der Waals surface area contributed by atoms with E-state index >= 15 is 0 Å². The number of hydrogen-bond acceptors (Lipinski definition) is 15. The summed E-state index contributed by atoms with van der Waals surface area (Å²) in [5.74, 6) is -0.578. The number of rotatable bonds is 76. The zero-order valence-corrected chi connectivity index (χ0v) is 64.5. The Labute approximate surface area is 588 Å². The van der Waals surface area contributed by atoms with Gasteiger partial charge in [0, 0.05) is 25.7 Å². The van der Waals surface area contributed by atoms with E-state index in [2.05, 4.69) is 41.5 Å². The summed E-state index contributed by atoms with van der Waals surface area (Å²) in [6, 6.07) is 0. The number of phosphoric ester groups is 2. The van der Waals surface area contributed by atoms with E-state index in [-0.39, 0.29) is 25.7 Å². The highest BCUT2D eigenvalue weighted by atomic mass is 31.2. The fourth-order valence-electron chi connectivity index (χ4n) is 11.8. The van der Waals surface area contributed by atoms with Crippen molar-refractivity contribution in [1.82, 2.24) is 0 Å². The first-order valence-corrected chi connectivity index (χ1v) is 43.0. The highest BCUT2D eigenvalue weighted by Gasteiger charge is 2.30. The number of phosphoric acid groups is 2. The average Bonchev–Trinajstić information content (AvgIpc) is 1.43. The quantitative estimate of drug-likeness (QED) is 0.0222. The minimum absolute atomic E-state index is 0.107. The maximum Gasteiger partial charge on any atom is 0.472 e. The third-order valence-corrected chi connectivity index (χ3v) is 19.9. The Morgan fingerprint density at radius 3 is 0.708 bits per heavy atom. The van der Waals surface area contributed by atoms with Gasteiger partial charge in [-0.05, 0) is 37.5 Å². The highest BCUT2D eigenvalue weighted by Crippen LogP contribution is 2.45. The monoisotopic (exact) mass is 1410 g/mol. The Hall–Kier alpha value is -1.94. The minimum Gasteiger partial charge on any atom is -0.462 e. The van der Waals surface area contributed by atoms with Gasteiger partial charge in [0.25, 0.3) is 0 Å². The zero-order valence-electron chi connectivity index (χ0n) is 62.7. The summed E-state index contributed by atoms with van der Waals surface area (Å²) < 4.78 is 68.5. The molecule has 0 amide bonds. The predicted molar refractivity (Wildman–Crippen MR) is 391 cm³/mol. The van der Waals surface area contributed by atoms with Crippen LogP contribution in [-0.2, 0) is 65.4 Å². The molecule has 570 valence electrons. The maximum absolute atomic E-state index is 13.1. The lowest BCUT2D eigenvalue weighted by Crippen LogP contribution is -2.30. The standard InChI is InChI=1S/C77H150O17P2/c1-7-9-11-13-15-17-18-19-20-21-22-23-24-25-30-37-43-49-55-61-76(81)94-73(66-88-75(80)60-54-48-42-36-31-26-28-34-39-45-51-57-69(3)4)68-92-96(85,86)90-64-71(78)63-89-95(83,84)91-67-72(65-87-74(79)59-53-47-41-33-16-14-12-10-8-2)93-77(82)62-56-50-44-38-32-27-29-35-40-46-52-58-70(5)6/h69-73,78H,7-68H2,1-6H3,(H,83,84)(H,85,86)/t71-,72+,73+/m0/s1. The number of hydrogen-bond donors (Lipinski definition) is 3. The van der Waals surface area contributed by atoms with E-state index in [4.69, 9.17) is 37.0 Å². The smallest absolute Gasteiger partial charge is 0.462 e. The molecule has 0 rings (SSSR count). The molecule has 0 aromatic rings. The molecule has 0 aromatic carbocycles. The molecular formula is C77H150O17P2. The van der Waals surface area contributed by atoms with Crippen molar-refractivity contribution in [2.24, 2.45) is 11.8 Å². The van der Waals surface area contributed by atoms with E-state index in [0.717, 1.165) is 102 Å². The summed E-state index contributed by atoms with van der Waals surface area (Å²) in [6.45, 7) is 9.59.